The van der Waals surface area contributed by atoms with E-state index in [1.807, 2.05) is 13.1 Å². The molecule has 1 amide bonds. The van der Waals surface area contributed by atoms with Crippen molar-refractivity contribution in [2.75, 3.05) is 20.1 Å². The SMILES string of the molecule is CN(CCCCc1ccccc1)C(=O)c1n[nH]c2c1CNCC2. The van der Waals surface area contributed by atoms with Gasteiger partial charge < -0.3 is 10.2 Å². The molecule has 0 aliphatic carbocycles. The number of aromatic nitrogens is 2. The molecule has 0 bridgehead atoms. The monoisotopic (exact) mass is 312 g/mol. The Morgan fingerprint density at radius 3 is 2.91 bits per heavy atom. The predicted molar refractivity (Wildman–Crippen MR) is 90.3 cm³/mol. The number of benzene rings is 1. The van der Waals surface area contributed by atoms with E-state index in [1.54, 1.807) is 4.90 Å². The van der Waals surface area contributed by atoms with Crippen molar-refractivity contribution in [2.45, 2.75) is 32.2 Å². The third-order valence-corrected chi connectivity index (χ3v) is 4.41. The van der Waals surface area contributed by atoms with Crippen LogP contribution in [0.5, 0.6) is 0 Å². The smallest absolute Gasteiger partial charge is 0.274 e. The predicted octanol–water partition coefficient (Wildman–Crippen LogP) is 2.15. The van der Waals surface area contributed by atoms with Crippen molar-refractivity contribution in [1.82, 2.24) is 20.4 Å². The molecular formula is C18H24N4O. The van der Waals surface area contributed by atoms with Crippen molar-refractivity contribution in [2.24, 2.45) is 0 Å². The molecule has 2 heterocycles. The zero-order valence-electron chi connectivity index (χ0n) is 13.6. The van der Waals surface area contributed by atoms with Crippen LogP contribution in [0.4, 0.5) is 0 Å². The van der Waals surface area contributed by atoms with Gasteiger partial charge in [0.1, 0.15) is 0 Å². The van der Waals surface area contributed by atoms with E-state index in [0.29, 0.717) is 5.69 Å². The second-order valence-corrected chi connectivity index (χ2v) is 6.13. The molecule has 0 unspecified atom stereocenters. The molecule has 0 radical (unpaired) electrons. The number of carbonyl (C=O) groups excluding carboxylic acids is 1. The van der Waals surface area contributed by atoms with E-state index >= 15 is 0 Å². The largest absolute Gasteiger partial charge is 0.340 e. The van der Waals surface area contributed by atoms with Crippen LogP contribution in [0.1, 0.15) is 40.2 Å². The van der Waals surface area contributed by atoms with Crippen LogP contribution in [0.25, 0.3) is 0 Å². The van der Waals surface area contributed by atoms with Crippen LogP contribution in [-0.2, 0) is 19.4 Å². The first-order chi connectivity index (χ1) is 11.3. The van der Waals surface area contributed by atoms with Gasteiger partial charge in [-0.15, -0.1) is 0 Å². The Kier molecular flexibility index (Phi) is 5.08. The Morgan fingerprint density at radius 2 is 2.09 bits per heavy atom. The summed E-state index contributed by atoms with van der Waals surface area (Å²) in [7, 11) is 1.86. The summed E-state index contributed by atoms with van der Waals surface area (Å²) in [6.45, 7) is 2.44. The van der Waals surface area contributed by atoms with E-state index in [4.69, 9.17) is 0 Å². The van der Waals surface area contributed by atoms with E-state index in [9.17, 15) is 4.79 Å². The summed E-state index contributed by atoms with van der Waals surface area (Å²) >= 11 is 0. The fraction of sp³-hybridized carbons (Fsp3) is 0.444. The molecule has 0 atom stereocenters. The van der Waals surface area contributed by atoms with Crippen LogP contribution in [0.2, 0.25) is 0 Å². The lowest BCUT2D eigenvalue weighted by atomic mass is 10.1. The molecule has 23 heavy (non-hydrogen) atoms. The van der Waals surface area contributed by atoms with Crippen LogP contribution in [0.15, 0.2) is 30.3 Å². The Balaban J connectivity index is 1.49. The number of hydrogen-bond acceptors (Lipinski definition) is 3. The fourth-order valence-electron chi connectivity index (χ4n) is 3.01. The van der Waals surface area contributed by atoms with Gasteiger partial charge in [-0.25, -0.2) is 0 Å². The summed E-state index contributed by atoms with van der Waals surface area (Å²) < 4.78 is 0. The number of carbonyl (C=O) groups is 1. The lowest BCUT2D eigenvalue weighted by Gasteiger charge is -2.18. The van der Waals surface area contributed by atoms with Crippen LogP contribution in [-0.4, -0.2) is 41.1 Å². The van der Waals surface area contributed by atoms with E-state index in [0.717, 1.165) is 56.6 Å². The number of H-pyrrole nitrogens is 1. The Hall–Kier alpha value is -2.14. The molecule has 122 valence electrons. The third-order valence-electron chi connectivity index (χ3n) is 4.41. The number of nitrogens with zero attached hydrogens (tertiary/aromatic N) is 2. The van der Waals surface area contributed by atoms with Crippen molar-refractivity contribution in [3.63, 3.8) is 0 Å². The second-order valence-electron chi connectivity index (χ2n) is 6.13. The van der Waals surface area contributed by atoms with E-state index < -0.39 is 0 Å². The maximum atomic E-state index is 12.6. The summed E-state index contributed by atoms with van der Waals surface area (Å²) in [6, 6.07) is 10.5. The normalized spacial score (nSPS) is 13.6. The molecule has 3 rings (SSSR count). The minimum Gasteiger partial charge on any atom is -0.340 e. The summed E-state index contributed by atoms with van der Waals surface area (Å²) in [5.74, 6) is 0.0194. The summed E-state index contributed by atoms with van der Waals surface area (Å²) in [6.07, 6.45) is 4.06. The molecule has 5 heteroatoms. The first-order valence-corrected chi connectivity index (χ1v) is 8.32. The first kappa shape index (κ1) is 15.7. The van der Waals surface area contributed by atoms with Crippen LogP contribution in [0, 0.1) is 0 Å². The maximum absolute atomic E-state index is 12.6. The first-order valence-electron chi connectivity index (χ1n) is 8.32. The quantitative estimate of drug-likeness (QED) is 0.804. The van der Waals surface area contributed by atoms with Gasteiger partial charge in [-0.05, 0) is 24.8 Å². The van der Waals surface area contributed by atoms with Gasteiger partial charge in [0, 0.05) is 44.4 Å². The second kappa shape index (κ2) is 7.42. The van der Waals surface area contributed by atoms with Gasteiger partial charge in [0.05, 0.1) is 0 Å². The lowest BCUT2D eigenvalue weighted by molar-refractivity contribution is 0.0785. The van der Waals surface area contributed by atoms with Crippen molar-refractivity contribution >= 4 is 5.91 Å². The topological polar surface area (TPSA) is 61.0 Å². The van der Waals surface area contributed by atoms with Gasteiger partial charge >= 0.3 is 0 Å². The standard InChI is InChI=1S/C18H24N4O/c1-22(12-6-5-9-14-7-3-2-4-8-14)18(23)17-15-13-19-11-10-16(15)20-21-17/h2-4,7-8,19H,5-6,9-13H2,1H3,(H,20,21). The molecule has 2 N–H and O–H groups in total. The number of hydrogen-bond donors (Lipinski definition) is 2. The van der Waals surface area contributed by atoms with Gasteiger partial charge in [-0.2, -0.15) is 5.10 Å². The van der Waals surface area contributed by atoms with Crippen molar-refractivity contribution in [3.05, 3.63) is 52.8 Å². The zero-order chi connectivity index (χ0) is 16.1. The molecule has 0 saturated carbocycles. The molecule has 1 aliphatic rings. The zero-order valence-corrected chi connectivity index (χ0v) is 13.6. The lowest BCUT2D eigenvalue weighted by Crippen LogP contribution is -2.31. The summed E-state index contributed by atoms with van der Waals surface area (Å²) in [5, 5.41) is 10.6. The molecule has 5 nitrogen and oxygen atoms in total. The molecule has 0 spiro atoms. The number of unbranched alkanes of at least 4 members (excludes halogenated alkanes) is 1. The van der Waals surface area contributed by atoms with E-state index in [1.165, 1.54) is 5.56 Å². The number of rotatable bonds is 6. The average molecular weight is 312 g/mol. The fourth-order valence-corrected chi connectivity index (χ4v) is 3.01. The highest BCUT2D eigenvalue weighted by atomic mass is 16.2. The molecule has 1 aliphatic heterocycles. The number of aromatic amines is 1. The number of nitrogens with one attached hydrogen (secondary N) is 2. The highest BCUT2D eigenvalue weighted by molar-refractivity contribution is 5.93. The molecule has 1 aromatic heterocycles. The Bertz CT molecular complexity index is 650. The van der Waals surface area contributed by atoms with Gasteiger partial charge in [-0.3, -0.25) is 9.89 Å². The van der Waals surface area contributed by atoms with Crippen molar-refractivity contribution in [3.8, 4) is 0 Å². The number of aryl methyl sites for hydroxylation is 1. The molecule has 0 fully saturated rings. The van der Waals surface area contributed by atoms with Crippen molar-refractivity contribution < 1.29 is 4.79 Å². The van der Waals surface area contributed by atoms with E-state index in [2.05, 4.69) is 39.8 Å². The van der Waals surface area contributed by atoms with Gasteiger partial charge in [0.15, 0.2) is 5.69 Å². The number of fused-ring (bicyclic) bond motifs is 1. The highest BCUT2D eigenvalue weighted by Gasteiger charge is 2.23. The van der Waals surface area contributed by atoms with Crippen LogP contribution < -0.4 is 5.32 Å². The molecular weight excluding hydrogens is 288 g/mol. The van der Waals surface area contributed by atoms with Gasteiger partial charge in [0.25, 0.3) is 5.91 Å². The molecule has 2 aromatic rings. The van der Waals surface area contributed by atoms with Crippen LogP contribution in [0.3, 0.4) is 0 Å². The number of amides is 1. The Morgan fingerprint density at radius 1 is 1.26 bits per heavy atom. The van der Waals surface area contributed by atoms with Gasteiger partial charge in [-0.1, -0.05) is 30.3 Å². The van der Waals surface area contributed by atoms with Gasteiger partial charge in [0.2, 0.25) is 0 Å². The molecule has 0 saturated heterocycles. The maximum Gasteiger partial charge on any atom is 0.274 e. The third kappa shape index (κ3) is 3.79. The summed E-state index contributed by atoms with van der Waals surface area (Å²) in [4.78, 5) is 14.3. The average Bonchev–Trinajstić information content (AvgIpc) is 3.03. The van der Waals surface area contributed by atoms with Crippen LogP contribution >= 0.6 is 0 Å². The minimum absolute atomic E-state index is 0.0194. The van der Waals surface area contributed by atoms with Crippen molar-refractivity contribution in [1.29, 1.82) is 0 Å². The summed E-state index contributed by atoms with van der Waals surface area (Å²) in [5.41, 5.74) is 4.08. The Labute approximate surface area is 137 Å². The highest BCUT2D eigenvalue weighted by Crippen LogP contribution is 2.17. The van der Waals surface area contributed by atoms with E-state index in [-0.39, 0.29) is 5.91 Å². The minimum atomic E-state index is 0.0194. The molecule has 1 aromatic carbocycles.